The van der Waals surface area contributed by atoms with E-state index in [-0.39, 0.29) is 6.71 Å². The molecule has 0 N–H and O–H groups in total. The Bertz CT molecular complexity index is 2450. The van der Waals surface area contributed by atoms with Crippen molar-refractivity contribution in [3.8, 4) is 23.0 Å². The maximum Gasteiger partial charge on any atom is 0.261 e. The molecule has 0 saturated carbocycles. The highest BCUT2D eigenvalue weighted by molar-refractivity contribution is 6.99. The third-order valence-corrected chi connectivity index (χ3v) is 9.93. The molecule has 0 aliphatic carbocycles. The molecule has 0 fully saturated rings. The standard InChI is InChI=1S/C46H31BN2O2/c1-5-16-32(17-6-1)48(33-18-7-2-8-19-33)36-28-29-39-43(30-36)50-41-26-15-27-42-46(41)47(39)45-38-25-14-13-24-37(38)40(31-44(45)51-42)49(34-20-9-3-10-21-34)35-22-11-4-12-23-35/h1-31H. The van der Waals surface area contributed by atoms with E-state index in [2.05, 4.69) is 192 Å². The molecular weight excluding hydrogens is 623 g/mol. The molecule has 10 rings (SSSR count). The molecule has 0 saturated heterocycles. The van der Waals surface area contributed by atoms with E-state index >= 15 is 0 Å². The SMILES string of the molecule is c1ccc(N(c2ccccc2)c2ccc3c(c2)Oc2cccc4c2B3c2c(cc(N(c3ccccc3)c3ccccc3)c3ccccc23)O4)cc1. The van der Waals surface area contributed by atoms with Gasteiger partial charge in [-0.2, -0.15) is 0 Å². The Morgan fingerprint density at radius 2 is 0.824 bits per heavy atom. The zero-order chi connectivity index (χ0) is 33.7. The minimum atomic E-state index is -0.0829. The summed E-state index contributed by atoms with van der Waals surface area (Å²) in [5.41, 5.74) is 9.74. The van der Waals surface area contributed by atoms with Crippen LogP contribution in [0.5, 0.6) is 23.0 Å². The molecule has 0 spiro atoms. The molecule has 0 amide bonds. The van der Waals surface area contributed by atoms with E-state index in [1.807, 2.05) is 6.07 Å². The molecule has 2 aliphatic heterocycles. The molecule has 240 valence electrons. The molecular formula is C46H31BN2O2. The molecule has 5 heteroatoms. The third kappa shape index (κ3) is 4.85. The predicted molar refractivity (Wildman–Crippen MR) is 211 cm³/mol. The van der Waals surface area contributed by atoms with Crippen molar-refractivity contribution in [3.05, 3.63) is 188 Å². The number of para-hydroxylation sites is 4. The number of nitrogens with zero attached hydrogens (tertiary/aromatic N) is 2. The van der Waals surface area contributed by atoms with Crippen LogP contribution in [-0.4, -0.2) is 6.71 Å². The van der Waals surface area contributed by atoms with Gasteiger partial charge in [0.05, 0.1) is 5.69 Å². The van der Waals surface area contributed by atoms with Crippen LogP contribution in [0, 0.1) is 0 Å². The Labute approximate surface area is 297 Å². The average Bonchev–Trinajstić information content (AvgIpc) is 3.19. The Balaban J connectivity index is 1.18. The van der Waals surface area contributed by atoms with Crippen LogP contribution < -0.4 is 35.7 Å². The normalized spacial score (nSPS) is 12.2. The first kappa shape index (κ1) is 29.2. The lowest BCUT2D eigenvalue weighted by molar-refractivity contribution is 0.465. The lowest BCUT2D eigenvalue weighted by Crippen LogP contribution is -2.57. The number of ether oxygens (including phenoxy) is 2. The number of benzene rings is 8. The first-order valence-electron chi connectivity index (χ1n) is 17.3. The van der Waals surface area contributed by atoms with Gasteiger partial charge in [-0.3, -0.25) is 0 Å². The van der Waals surface area contributed by atoms with Crippen LogP contribution in [0.2, 0.25) is 0 Å². The zero-order valence-electron chi connectivity index (χ0n) is 27.7. The van der Waals surface area contributed by atoms with E-state index < -0.39 is 0 Å². The maximum atomic E-state index is 6.87. The number of anilines is 6. The van der Waals surface area contributed by atoms with E-state index in [0.29, 0.717) is 0 Å². The summed E-state index contributed by atoms with van der Waals surface area (Å²) in [6.45, 7) is -0.0829. The Morgan fingerprint density at radius 1 is 0.333 bits per heavy atom. The largest absolute Gasteiger partial charge is 0.458 e. The molecule has 2 aliphatic rings. The second-order valence-electron chi connectivity index (χ2n) is 12.9. The van der Waals surface area contributed by atoms with Crippen LogP contribution in [0.15, 0.2) is 188 Å². The van der Waals surface area contributed by atoms with Gasteiger partial charge in [0.15, 0.2) is 0 Å². The fourth-order valence-corrected chi connectivity index (χ4v) is 7.77. The molecule has 8 aromatic rings. The fourth-order valence-electron chi connectivity index (χ4n) is 7.77. The van der Waals surface area contributed by atoms with Gasteiger partial charge < -0.3 is 19.3 Å². The van der Waals surface area contributed by atoms with Gasteiger partial charge in [-0.05, 0) is 83.0 Å². The molecule has 51 heavy (non-hydrogen) atoms. The Morgan fingerprint density at radius 3 is 1.39 bits per heavy atom. The van der Waals surface area contributed by atoms with Gasteiger partial charge in [-0.25, -0.2) is 0 Å². The summed E-state index contributed by atoms with van der Waals surface area (Å²) in [5.74, 6) is 3.34. The van der Waals surface area contributed by atoms with Gasteiger partial charge >= 0.3 is 0 Å². The van der Waals surface area contributed by atoms with Crippen molar-refractivity contribution in [2.45, 2.75) is 0 Å². The fraction of sp³-hybridized carbons (Fsp3) is 0. The third-order valence-electron chi connectivity index (χ3n) is 9.93. The Hall–Kier alpha value is -6.72. The average molecular weight is 655 g/mol. The number of hydrogen-bond acceptors (Lipinski definition) is 4. The molecule has 0 atom stereocenters. The van der Waals surface area contributed by atoms with Crippen molar-refractivity contribution in [1.82, 2.24) is 0 Å². The lowest BCUT2D eigenvalue weighted by Gasteiger charge is -2.36. The number of hydrogen-bond donors (Lipinski definition) is 0. The van der Waals surface area contributed by atoms with E-state index in [9.17, 15) is 0 Å². The van der Waals surface area contributed by atoms with Gasteiger partial charge in [0.1, 0.15) is 23.0 Å². The first-order valence-corrected chi connectivity index (χ1v) is 17.3. The molecule has 0 radical (unpaired) electrons. The molecule has 4 nitrogen and oxygen atoms in total. The minimum absolute atomic E-state index is 0.0829. The summed E-state index contributed by atoms with van der Waals surface area (Å²) in [7, 11) is 0. The van der Waals surface area contributed by atoms with Gasteiger partial charge in [-0.15, -0.1) is 0 Å². The smallest absolute Gasteiger partial charge is 0.261 e. The highest BCUT2D eigenvalue weighted by atomic mass is 16.5. The van der Waals surface area contributed by atoms with Gasteiger partial charge in [0.25, 0.3) is 6.71 Å². The molecule has 0 aromatic heterocycles. The quantitative estimate of drug-likeness (QED) is 0.167. The van der Waals surface area contributed by atoms with Crippen LogP contribution in [0.25, 0.3) is 10.8 Å². The van der Waals surface area contributed by atoms with Gasteiger partial charge in [-0.1, -0.05) is 109 Å². The first-order chi connectivity index (χ1) is 25.3. The highest BCUT2D eigenvalue weighted by Gasteiger charge is 2.42. The number of rotatable bonds is 6. The highest BCUT2D eigenvalue weighted by Crippen LogP contribution is 2.44. The second-order valence-corrected chi connectivity index (χ2v) is 12.9. The van der Waals surface area contributed by atoms with Crippen molar-refractivity contribution < 1.29 is 9.47 Å². The summed E-state index contributed by atoms with van der Waals surface area (Å²) in [4.78, 5) is 4.60. The van der Waals surface area contributed by atoms with E-state index in [1.165, 1.54) is 0 Å². The van der Waals surface area contributed by atoms with Crippen molar-refractivity contribution in [2.24, 2.45) is 0 Å². The van der Waals surface area contributed by atoms with Crippen molar-refractivity contribution in [2.75, 3.05) is 9.80 Å². The summed E-state index contributed by atoms with van der Waals surface area (Å²) < 4.78 is 13.6. The van der Waals surface area contributed by atoms with Crippen molar-refractivity contribution in [1.29, 1.82) is 0 Å². The summed E-state index contributed by atoms with van der Waals surface area (Å²) in [5, 5.41) is 2.30. The second kappa shape index (κ2) is 12.0. The van der Waals surface area contributed by atoms with Crippen LogP contribution in [-0.2, 0) is 0 Å². The number of fused-ring (bicyclic) bond motifs is 6. The van der Waals surface area contributed by atoms with Crippen molar-refractivity contribution >= 4 is 68.0 Å². The van der Waals surface area contributed by atoms with Gasteiger partial charge in [0.2, 0.25) is 0 Å². The van der Waals surface area contributed by atoms with Gasteiger partial charge in [0, 0.05) is 51.4 Å². The van der Waals surface area contributed by atoms with Crippen LogP contribution in [0.4, 0.5) is 34.1 Å². The van der Waals surface area contributed by atoms with Crippen molar-refractivity contribution in [3.63, 3.8) is 0 Å². The van der Waals surface area contributed by atoms with Crippen LogP contribution >= 0.6 is 0 Å². The molecule has 0 unspecified atom stereocenters. The molecule has 0 bridgehead atoms. The molecule has 2 heterocycles. The predicted octanol–water partition coefficient (Wildman–Crippen LogP) is 10.5. The Kier molecular flexibility index (Phi) is 6.88. The summed E-state index contributed by atoms with van der Waals surface area (Å²) >= 11 is 0. The monoisotopic (exact) mass is 654 g/mol. The lowest BCUT2D eigenvalue weighted by atomic mass is 9.34. The molecule has 8 aromatic carbocycles. The van der Waals surface area contributed by atoms with E-state index in [0.717, 1.165) is 84.3 Å². The van der Waals surface area contributed by atoms with Crippen LogP contribution in [0.1, 0.15) is 0 Å². The maximum absolute atomic E-state index is 6.87. The van der Waals surface area contributed by atoms with E-state index in [1.54, 1.807) is 0 Å². The van der Waals surface area contributed by atoms with Crippen LogP contribution in [0.3, 0.4) is 0 Å². The summed E-state index contributed by atoms with van der Waals surface area (Å²) in [6.07, 6.45) is 0. The minimum Gasteiger partial charge on any atom is -0.458 e. The topological polar surface area (TPSA) is 24.9 Å². The zero-order valence-corrected chi connectivity index (χ0v) is 27.7. The summed E-state index contributed by atoms with van der Waals surface area (Å²) in [6, 6.07) is 65.8. The van der Waals surface area contributed by atoms with E-state index in [4.69, 9.17) is 9.47 Å².